The third-order valence-electron chi connectivity index (χ3n) is 3.81. The average molecular weight is 298 g/mol. The number of ether oxygens (including phenoxy) is 1. The van der Waals surface area contributed by atoms with E-state index in [9.17, 15) is 4.79 Å². The Bertz CT molecular complexity index is 566. The second kappa shape index (κ2) is 5.94. The van der Waals surface area contributed by atoms with Gasteiger partial charge in [-0.2, -0.15) is 0 Å². The van der Waals surface area contributed by atoms with E-state index in [1.807, 2.05) is 36.4 Å². The lowest BCUT2D eigenvalue weighted by molar-refractivity contribution is -0.140. The molecule has 1 fully saturated rings. The van der Waals surface area contributed by atoms with Crippen molar-refractivity contribution in [1.29, 1.82) is 0 Å². The topological polar surface area (TPSA) is 26.3 Å². The Balaban J connectivity index is 1.93. The predicted octanol–water partition coefficient (Wildman–Crippen LogP) is 4.21. The molecule has 1 aliphatic carbocycles. The number of methoxy groups -OCH3 is 1. The molecule has 21 heavy (non-hydrogen) atoms. The molecule has 1 saturated carbocycles. The average Bonchev–Trinajstić information content (AvgIpc) is 3.34. The van der Waals surface area contributed by atoms with Gasteiger partial charge in [-0.05, 0) is 24.0 Å². The molecule has 0 radical (unpaired) electrons. The van der Waals surface area contributed by atoms with Crippen LogP contribution in [0, 0.1) is 0 Å². The van der Waals surface area contributed by atoms with Crippen LogP contribution in [0.1, 0.15) is 29.2 Å². The Labute approximate surface area is 129 Å². The highest BCUT2D eigenvalue weighted by atomic mass is 32.2. The van der Waals surface area contributed by atoms with Crippen molar-refractivity contribution in [2.24, 2.45) is 0 Å². The number of carbonyl (C=O) groups is 1. The van der Waals surface area contributed by atoms with Crippen molar-refractivity contribution in [3.05, 3.63) is 71.8 Å². The van der Waals surface area contributed by atoms with Gasteiger partial charge in [-0.1, -0.05) is 60.7 Å². The highest BCUT2D eigenvalue weighted by Gasteiger charge is 2.53. The Kier molecular flexibility index (Phi) is 4.02. The predicted molar refractivity (Wildman–Crippen MR) is 86.3 cm³/mol. The summed E-state index contributed by atoms with van der Waals surface area (Å²) in [5.41, 5.74) is 2.45. The van der Waals surface area contributed by atoms with Crippen LogP contribution in [-0.4, -0.2) is 17.8 Å². The minimum absolute atomic E-state index is 0.0932. The number of hydrogen-bond donors (Lipinski definition) is 0. The second-order valence-corrected chi connectivity index (χ2v) is 6.79. The van der Waals surface area contributed by atoms with Crippen LogP contribution in [0.4, 0.5) is 0 Å². The van der Waals surface area contributed by atoms with E-state index in [4.69, 9.17) is 4.74 Å². The normalized spacial score (nSPS) is 15.7. The maximum Gasteiger partial charge on any atom is 0.321 e. The van der Waals surface area contributed by atoms with E-state index in [-0.39, 0.29) is 16.0 Å². The molecule has 0 unspecified atom stereocenters. The molecule has 0 atom stereocenters. The van der Waals surface area contributed by atoms with Crippen molar-refractivity contribution in [2.75, 3.05) is 7.11 Å². The van der Waals surface area contributed by atoms with E-state index in [0.29, 0.717) is 0 Å². The summed E-state index contributed by atoms with van der Waals surface area (Å²) in [6.45, 7) is 0. The summed E-state index contributed by atoms with van der Waals surface area (Å²) >= 11 is 1.72. The molecule has 0 N–H and O–H groups in total. The van der Waals surface area contributed by atoms with Gasteiger partial charge in [0, 0.05) is 0 Å². The van der Waals surface area contributed by atoms with Gasteiger partial charge < -0.3 is 4.74 Å². The highest BCUT2D eigenvalue weighted by molar-refractivity contribution is 8.02. The molecular formula is C18H18O2S. The minimum atomic E-state index is -0.356. The molecule has 2 aromatic carbocycles. The second-order valence-electron chi connectivity index (χ2n) is 5.31. The lowest BCUT2D eigenvalue weighted by Crippen LogP contribution is -2.22. The van der Waals surface area contributed by atoms with Crippen molar-refractivity contribution in [1.82, 2.24) is 0 Å². The third-order valence-corrected chi connectivity index (χ3v) is 5.62. The van der Waals surface area contributed by atoms with Gasteiger partial charge in [0.15, 0.2) is 0 Å². The Morgan fingerprint density at radius 3 is 1.86 bits per heavy atom. The van der Waals surface area contributed by atoms with Crippen LogP contribution >= 0.6 is 11.8 Å². The SMILES string of the molecule is COC(=O)C1(SC(c2ccccc2)c2ccccc2)CC1. The number of rotatable bonds is 5. The first-order chi connectivity index (χ1) is 10.2. The summed E-state index contributed by atoms with van der Waals surface area (Å²) in [4.78, 5) is 12.1. The van der Waals surface area contributed by atoms with Gasteiger partial charge in [0.2, 0.25) is 0 Å². The minimum Gasteiger partial charge on any atom is -0.468 e. The number of thioether (sulfide) groups is 1. The molecule has 0 aromatic heterocycles. The quantitative estimate of drug-likeness (QED) is 0.773. The summed E-state index contributed by atoms with van der Waals surface area (Å²) < 4.78 is 4.63. The molecule has 0 spiro atoms. The smallest absolute Gasteiger partial charge is 0.321 e. The van der Waals surface area contributed by atoms with E-state index < -0.39 is 0 Å². The van der Waals surface area contributed by atoms with E-state index in [0.717, 1.165) is 12.8 Å². The summed E-state index contributed by atoms with van der Waals surface area (Å²) in [5, 5.41) is 0.161. The fourth-order valence-corrected chi connectivity index (χ4v) is 4.03. The van der Waals surface area contributed by atoms with Gasteiger partial charge in [0.25, 0.3) is 0 Å². The Morgan fingerprint density at radius 1 is 1.00 bits per heavy atom. The maximum atomic E-state index is 12.1. The third kappa shape index (κ3) is 2.98. The molecule has 0 heterocycles. The van der Waals surface area contributed by atoms with Crippen molar-refractivity contribution >= 4 is 17.7 Å². The van der Waals surface area contributed by atoms with Crippen LogP contribution in [-0.2, 0) is 9.53 Å². The van der Waals surface area contributed by atoms with E-state index in [2.05, 4.69) is 24.3 Å². The molecule has 3 rings (SSSR count). The summed E-state index contributed by atoms with van der Waals surface area (Å²) in [6, 6.07) is 20.7. The zero-order chi connectivity index (χ0) is 14.7. The molecule has 0 bridgehead atoms. The van der Waals surface area contributed by atoms with Crippen molar-refractivity contribution in [3.63, 3.8) is 0 Å². The number of carbonyl (C=O) groups excluding carboxylic acids is 1. The molecule has 3 heteroatoms. The van der Waals surface area contributed by atoms with Crippen molar-refractivity contribution in [2.45, 2.75) is 22.8 Å². The van der Waals surface area contributed by atoms with Crippen LogP contribution in [0.3, 0.4) is 0 Å². The molecule has 0 saturated heterocycles. The van der Waals surface area contributed by atoms with E-state index in [1.54, 1.807) is 11.8 Å². The monoisotopic (exact) mass is 298 g/mol. The van der Waals surface area contributed by atoms with Gasteiger partial charge in [0.1, 0.15) is 4.75 Å². The van der Waals surface area contributed by atoms with Gasteiger partial charge in [-0.15, -0.1) is 11.8 Å². The van der Waals surface area contributed by atoms with Crippen LogP contribution in [0.15, 0.2) is 60.7 Å². The molecule has 0 amide bonds. The lowest BCUT2D eigenvalue weighted by Gasteiger charge is -2.22. The van der Waals surface area contributed by atoms with Gasteiger partial charge in [-0.25, -0.2) is 0 Å². The Morgan fingerprint density at radius 2 is 1.48 bits per heavy atom. The van der Waals surface area contributed by atoms with E-state index in [1.165, 1.54) is 18.2 Å². The first-order valence-corrected chi connectivity index (χ1v) is 7.99. The molecule has 2 nitrogen and oxygen atoms in total. The summed E-state index contributed by atoms with van der Waals surface area (Å²) in [6.07, 6.45) is 1.81. The summed E-state index contributed by atoms with van der Waals surface area (Å²) in [5.74, 6) is -0.0932. The number of esters is 1. The highest BCUT2D eigenvalue weighted by Crippen LogP contribution is 2.56. The standard InChI is InChI=1S/C18H18O2S/c1-20-17(19)18(12-13-18)21-16(14-8-4-2-5-9-14)15-10-6-3-7-11-15/h2-11,16H,12-13H2,1H3. The first-order valence-electron chi connectivity index (χ1n) is 7.11. The largest absolute Gasteiger partial charge is 0.468 e. The fourth-order valence-electron chi connectivity index (χ4n) is 2.48. The van der Waals surface area contributed by atoms with Crippen LogP contribution in [0.25, 0.3) is 0 Å². The van der Waals surface area contributed by atoms with Crippen LogP contribution in [0.2, 0.25) is 0 Å². The van der Waals surface area contributed by atoms with Crippen LogP contribution in [0.5, 0.6) is 0 Å². The molecule has 2 aromatic rings. The lowest BCUT2D eigenvalue weighted by atomic mass is 10.0. The zero-order valence-corrected chi connectivity index (χ0v) is 12.8. The Hall–Kier alpha value is -1.74. The first kappa shape index (κ1) is 14.2. The maximum absolute atomic E-state index is 12.1. The molecule has 0 aliphatic heterocycles. The molecule has 108 valence electrons. The molecule has 1 aliphatic rings. The number of benzene rings is 2. The van der Waals surface area contributed by atoms with Crippen molar-refractivity contribution in [3.8, 4) is 0 Å². The van der Waals surface area contributed by atoms with Crippen LogP contribution < -0.4 is 0 Å². The van der Waals surface area contributed by atoms with Gasteiger partial charge >= 0.3 is 5.97 Å². The van der Waals surface area contributed by atoms with E-state index >= 15 is 0 Å². The van der Waals surface area contributed by atoms with Gasteiger partial charge in [0.05, 0.1) is 12.4 Å². The zero-order valence-electron chi connectivity index (χ0n) is 12.0. The number of hydrogen-bond acceptors (Lipinski definition) is 3. The fraction of sp³-hybridized carbons (Fsp3) is 0.278. The summed E-state index contributed by atoms with van der Waals surface area (Å²) in [7, 11) is 1.48. The van der Waals surface area contributed by atoms with Crippen molar-refractivity contribution < 1.29 is 9.53 Å². The molecular weight excluding hydrogens is 280 g/mol. The van der Waals surface area contributed by atoms with Gasteiger partial charge in [-0.3, -0.25) is 4.79 Å².